The van der Waals surface area contributed by atoms with Crippen LogP contribution in [0.4, 0.5) is 10.5 Å². The van der Waals surface area contributed by atoms with E-state index in [1.165, 1.54) is 6.42 Å². The summed E-state index contributed by atoms with van der Waals surface area (Å²) in [5.74, 6) is 1.95. The summed E-state index contributed by atoms with van der Waals surface area (Å²) in [6.07, 6.45) is 1.17. The first kappa shape index (κ1) is 13.2. The molecule has 2 saturated heterocycles. The number of nitrogens with zero attached hydrogens (tertiary/aromatic N) is 1. The van der Waals surface area contributed by atoms with Crippen LogP contribution in [0.2, 0.25) is 0 Å². The summed E-state index contributed by atoms with van der Waals surface area (Å²) in [5, 5.41) is 6.36. The Morgan fingerprint density at radius 2 is 2.15 bits per heavy atom. The highest BCUT2D eigenvalue weighted by atomic mass is 16.5. The maximum atomic E-state index is 12.4. The number of nitrogens with one attached hydrogen (secondary N) is 2. The maximum absolute atomic E-state index is 12.4. The molecule has 0 spiro atoms. The van der Waals surface area contributed by atoms with Crippen LogP contribution in [0.15, 0.2) is 24.3 Å². The predicted molar refractivity (Wildman–Crippen MR) is 78.1 cm³/mol. The van der Waals surface area contributed by atoms with Crippen LogP contribution < -0.4 is 15.4 Å². The summed E-state index contributed by atoms with van der Waals surface area (Å²) in [4.78, 5) is 14.3. The van der Waals surface area contributed by atoms with Gasteiger partial charge in [-0.25, -0.2) is 4.79 Å². The molecule has 2 N–H and O–H groups in total. The first-order chi connectivity index (χ1) is 9.78. The summed E-state index contributed by atoms with van der Waals surface area (Å²) in [7, 11) is 1.61. The summed E-state index contributed by atoms with van der Waals surface area (Å²) in [5.41, 5.74) is 0.730. The quantitative estimate of drug-likeness (QED) is 0.865. The van der Waals surface area contributed by atoms with E-state index in [0.29, 0.717) is 17.6 Å². The molecule has 0 aromatic heterocycles. The number of ether oxygens (including phenoxy) is 1. The molecule has 108 valence electrons. The molecule has 2 fully saturated rings. The minimum Gasteiger partial charge on any atom is -0.495 e. The third-order valence-electron chi connectivity index (χ3n) is 4.31. The van der Waals surface area contributed by atoms with Crippen LogP contribution in [-0.2, 0) is 0 Å². The smallest absolute Gasteiger partial charge is 0.321 e. The number of amides is 2. The highest BCUT2D eigenvalue weighted by Gasteiger charge is 2.36. The van der Waals surface area contributed by atoms with Gasteiger partial charge in [0.15, 0.2) is 0 Å². The molecule has 1 aromatic carbocycles. The Morgan fingerprint density at radius 1 is 1.35 bits per heavy atom. The molecule has 0 aliphatic carbocycles. The molecule has 2 unspecified atom stereocenters. The molecule has 2 heterocycles. The molecule has 5 nitrogen and oxygen atoms in total. The molecule has 0 radical (unpaired) electrons. The number of urea groups is 1. The number of hydrogen-bond acceptors (Lipinski definition) is 3. The Morgan fingerprint density at radius 3 is 2.95 bits per heavy atom. The fraction of sp³-hybridized carbons (Fsp3) is 0.533. The van der Waals surface area contributed by atoms with Crippen molar-refractivity contribution in [2.75, 3.05) is 38.6 Å². The number of carbonyl (C=O) groups is 1. The van der Waals surface area contributed by atoms with E-state index in [1.807, 2.05) is 29.2 Å². The molecule has 5 heteroatoms. The largest absolute Gasteiger partial charge is 0.495 e. The Bertz CT molecular complexity index is 478. The molecule has 2 aliphatic heterocycles. The fourth-order valence-corrected chi connectivity index (χ4v) is 3.18. The van der Waals surface area contributed by atoms with Crippen LogP contribution in [0.5, 0.6) is 5.75 Å². The Kier molecular flexibility index (Phi) is 3.78. The van der Waals surface area contributed by atoms with Gasteiger partial charge in [0.1, 0.15) is 5.75 Å². The van der Waals surface area contributed by atoms with Gasteiger partial charge in [0, 0.05) is 13.1 Å². The van der Waals surface area contributed by atoms with Gasteiger partial charge in [0.25, 0.3) is 0 Å². The van der Waals surface area contributed by atoms with E-state index in [0.717, 1.165) is 31.9 Å². The molecule has 2 atom stereocenters. The van der Waals surface area contributed by atoms with E-state index in [1.54, 1.807) is 7.11 Å². The third kappa shape index (κ3) is 2.58. The lowest BCUT2D eigenvalue weighted by atomic mass is 9.90. The predicted octanol–water partition coefficient (Wildman–Crippen LogP) is 1.77. The average molecular weight is 275 g/mol. The summed E-state index contributed by atoms with van der Waals surface area (Å²) >= 11 is 0. The second-order valence-corrected chi connectivity index (χ2v) is 5.55. The molecule has 0 saturated carbocycles. The van der Waals surface area contributed by atoms with Gasteiger partial charge in [0.05, 0.1) is 12.8 Å². The van der Waals surface area contributed by atoms with Crippen molar-refractivity contribution in [3.63, 3.8) is 0 Å². The van der Waals surface area contributed by atoms with Crippen molar-refractivity contribution in [1.82, 2.24) is 10.2 Å². The van der Waals surface area contributed by atoms with E-state index in [9.17, 15) is 4.79 Å². The summed E-state index contributed by atoms with van der Waals surface area (Å²) < 4.78 is 5.26. The van der Waals surface area contributed by atoms with Gasteiger partial charge in [-0.3, -0.25) is 0 Å². The van der Waals surface area contributed by atoms with Gasteiger partial charge in [0.2, 0.25) is 0 Å². The maximum Gasteiger partial charge on any atom is 0.321 e. The highest BCUT2D eigenvalue weighted by molar-refractivity contribution is 5.91. The van der Waals surface area contributed by atoms with Crippen LogP contribution in [0.25, 0.3) is 0 Å². The lowest BCUT2D eigenvalue weighted by molar-refractivity contribution is 0.220. The van der Waals surface area contributed by atoms with Gasteiger partial charge >= 0.3 is 6.03 Å². The Hall–Kier alpha value is -1.75. The van der Waals surface area contributed by atoms with Crippen molar-refractivity contribution in [2.45, 2.75) is 6.42 Å². The number of likely N-dealkylation sites (tertiary alicyclic amines) is 1. The fourth-order valence-electron chi connectivity index (χ4n) is 3.18. The van der Waals surface area contributed by atoms with Crippen LogP contribution in [0, 0.1) is 11.8 Å². The van der Waals surface area contributed by atoms with Gasteiger partial charge < -0.3 is 20.3 Å². The zero-order valence-electron chi connectivity index (χ0n) is 11.8. The summed E-state index contributed by atoms with van der Waals surface area (Å²) in [6.45, 7) is 3.82. The second kappa shape index (κ2) is 5.71. The molecule has 1 aromatic rings. The van der Waals surface area contributed by atoms with Crippen molar-refractivity contribution in [3.8, 4) is 5.75 Å². The number of hydrogen-bond donors (Lipinski definition) is 2. The minimum absolute atomic E-state index is 0.0242. The van der Waals surface area contributed by atoms with E-state index in [4.69, 9.17) is 4.74 Å². The van der Waals surface area contributed by atoms with Crippen LogP contribution in [0.3, 0.4) is 0 Å². The van der Waals surface area contributed by atoms with Gasteiger partial charge in [-0.2, -0.15) is 0 Å². The molecular weight excluding hydrogens is 254 g/mol. The third-order valence-corrected chi connectivity index (χ3v) is 4.31. The van der Waals surface area contributed by atoms with Crippen molar-refractivity contribution in [2.24, 2.45) is 11.8 Å². The van der Waals surface area contributed by atoms with Gasteiger partial charge in [-0.15, -0.1) is 0 Å². The number of carbonyl (C=O) groups excluding carboxylic acids is 1. The Balaban J connectivity index is 1.65. The monoisotopic (exact) mass is 275 g/mol. The lowest BCUT2D eigenvalue weighted by Gasteiger charge is -2.23. The number of rotatable bonds is 2. The van der Waals surface area contributed by atoms with E-state index in [2.05, 4.69) is 10.6 Å². The van der Waals surface area contributed by atoms with Crippen molar-refractivity contribution >= 4 is 11.7 Å². The number of piperidine rings is 1. The van der Waals surface area contributed by atoms with Crippen molar-refractivity contribution in [3.05, 3.63) is 24.3 Å². The number of methoxy groups -OCH3 is 1. The van der Waals surface area contributed by atoms with Crippen LogP contribution in [-0.4, -0.2) is 44.2 Å². The number of anilines is 1. The SMILES string of the molecule is COc1ccccc1NC(=O)N1CC2CCNCC2C1. The molecule has 2 amide bonds. The number of fused-ring (bicyclic) bond motifs is 1. The lowest BCUT2D eigenvalue weighted by Crippen LogP contribution is -2.35. The van der Waals surface area contributed by atoms with Crippen LogP contribution >= 0.6 is 0 Å². The minimum atomic E-state index is -0.0242. The van der Waals surface area contributed by atoms with Gasteiger partial charge in [-0.05, 0) is 43.5 Å². The molecule has 0 bridgehead atoms. The Labute approximate surface area is 119 Å². The molecule has 3 rings (SSSR count). The topological polar surface area (TPSA) is 53.6 Å². The normalized spacial score (nSPS) is 25.1. The summed E-state index contributed by atoms with van der Waals surface area (Å²) in [6, 6.07) is 7.48. The second-order valence-electron chi connectivity index (χ2n) is 5.55. The van der Waals surface area contributed by atoms with E-state index < -0.39 is 0 Å². The standard InChI is InChI=1S/C15H21N3O2/c1-20-14-5-3-2-4-13(14)17-15(19)18-9-11-6-7-16-8-12(11)10-18/h2-5,11-12,16H,6-10H2,1H3,(H,17,19). The van der Waals surface area contributed by atoms with Crippen LogP contribution in [0.1, 0.15) is 6.42 Å². The van der Waals surface area contributed by atoms with E-state index >= 15 is 0 Å². The number of benzene rings is 1. The highest BCUT2D eigenvalue weighted by Crippen LogP contribution is 2.29. The molecule has 2 aliphatic rings. The zero-order chi connectivity index (χ0) is 13.9. The number of para-hydroxylation sites is 2. The zero-order valence-corrected chi connectivity index (χ0v) is 11.8. The first-order valence-corrected chi connectivity index (χ1v) is 7.17. The van der Waals surface area contributed by atoms with Crippen molar-refractivity contribution < 1.29 is 9.53 Å². The molecular formula is C15H21N3O2. The average Bonchev–Trinajstić information content (AvgIpc) is 2.92. The van der Waals surface area contributed by atoms with Gasteiger partial charge in [-0.1, -0.05) is 12.1 Å². The van der Waals surface area contributed by atoms with Crippen molar-refractivity contribution in [1.29, 1.82) is 0 Å². The first-order valence-electron chi connectivity index (χ1n) is 7.17. The molecule has 20 heavy (non-hydrogen) atoms. The van der Waals surface area contributed by atoms with E-state index in [-0.39, 0.29) is 6.03 Å².